The summed E-state index contributed by atoms with van der Waals surface area (Å²) in [5.74, 6) is -0.373. The van der Waals surface area contributed by atoms with Crippen molar-refractivity contribution < 1.29 is 9.53 Å². The van der Waals surface area contributed by atoms with E-state index in [4.69, 9.17) is 4.74 Å². The van der Waals surface area contributed by atoms with Crippen LogP contribution in [0.15, 0.2) is 47.3 Å². The molecule has 21 heavy (non-hydrogen) atoms. The number of hydrogen-bond donors (Lipinski definition) is 1. The summed E-state index contributed by atoms with van der Waals surface area (Å²) >= 11 is 3.45. The SMILES string of the molecule is C=C1Nc2ncnn2C(c2cccc(Br)c2)C1C(=O)OC. The van der Waals surface area contributed by atoms with Gasteiger partial charge < -0.3 is 10.1 Å². The number of rotatable bonds is 2. The Kier molecular flexibility index (Phi) is 3.50. The molecule has 3 rings (SSSR count). The van der Waals surface area contributed by atoms with Crippen LogP contribution in [0.5, 0.6) is 0 Å². The summed E-state index contributed by atoms with van der Waals surface area (Å²) in [6.45, 7) is 3.94. The molecule has 0 aliphatic carbocycles. The Labute approximate surface area is 130 Å². The number of benzene rings is 1. The average molecular weight is 349 g/mol. The highest BCUT2D eigenvalue weighted by atomic mass is 79.9. The topological polar surface area (TPSA) is 69.0 Å². The van der Waals surface area contributed by atoms with E-state index in [0.29, 0.717) is 11.6 Å². The first-order chi connectivity index (χ1) is 10.1. The Morgan fingerprint density at radius 2 is 2.33 bits per heavy atom. The lowest BCUT2D eigenvalue weighted by molar-refractivity contribution is -0.145. The molecule has 1 N–H and O–H groups in total. The maximum atomic E-state index is 12.2. The highest BCUT2D eigenvalue weighted by Crippen LogP contribution is 2.38. The number of ether oxygens (including phenoxy) is 1. The van der Waals surface area contributed by atoms with Gasteiger partial charge in [0.05, 0.1) is 13.2 Å². The summed E-state index contributed by atoms with van der Waals surface area (Å²) in [6.07, 6.45) is 1.44. The van der Waals surface area contributed by atoms with Crippen molar-refractivity contribution >= 4 is 27.8 Å². The molecule has 0 fully saturated rings. The van der Waals surface area contributed by atoms with E-state index in [1.165, 1.54) is 13.4 Å². The van der Waals surface area contributed by atoms with Gasteiger partial charge >= 0.3 is 5.97 Å². The van der Waals surface area contributed by atoms with E-state index in [0.717, 1.165) is 10.0 Å². The molecule has 1 aliphatic rings. The first-order valence-corrected chi connectivity index (χ1v) is 7.09. The first-order valence-electron chi connectivity index (χ1n) is 6.30. The summed E-state index contributed by atoms with van der Waals surface area (Å²) in [5.41, 5.74) is 1.47. The quantitative estimate of drug-likeness (QED) is 0.843. The number of halogens is 1. The number of carbonyl (C=O) groups excluding carboxylic acids is 1. The maximum absolute atomic E-state index is 12.2. The molecule has 7 heteroatoms. The smallest absolute Gasteiger partial charge is 0.317 e. The first kappa shape index (κ1) is 13.8. The van der Waals surface area contributed by atoms with Gasteiger partial charge in [-0.05, 0) is 17.7 Å². The molecule has 2 aromatic rings. The summed E-state index contributed by atoms with van der Waals surface area (Å²) in [4.78, 5) is 16.3. The number of fused-ring (bicyclic) bond motifs is 1. The van der Waals surface area contributed by atoms with Crippen molar-refractivity contribution in [2.24, 2.45) is 5.92 Å². The van der Waals surface area contributed by atoms with Gasteiger partial charge in [0.25, 0.3) is 0 Å². The number of nitrogens with zero attached hydrogens (tertiary/aromatic N) is 3. The maximum Gasteiger partial charge on any atom is 0.317 e. The zero-order valence-corrected chi connectivity index (χ0v) is 12.9. The second-order valence-corrected chi connectivity index (χ2v) is 5.59. The predicted octanol–water partition coefficient (Wildman–Crippen LogP) is 2.36. The average Bonchev–Trinajstić information content (AvgIpc) is 2.92. The Morgan fingerprint density at radius 1 is 1.52 bits per heavy atom. The standard InChI is InChI=1S/C14H13BrN4O2/c1-8-11(13(20)21-2)12(9-4-3-5-10(15)6-9)19-14(18-8)16-7-17-19/h3-7,11-12H,1H2,2H3,(H,16,17,18). The van der Waals surface area contributed by atoms with Crippen molar-refractivity contribution in [3.63, 3.8) is 0 Å². The molecule has 0 saturated carbocycles. The predicted molar refractivity (Wildman–Crippen MR) is 80.6 cm³/mol. The lowest BCUT2D eigenvalue weighted by Gasteiger charge is -2.32. The van der Waals surface area contributed by atoms with Crippen molar-refractivity contribution in [2.45, 2.75) is 6.04 Å². The van der Waals surface area contributed by atoms with Crippen LogP contribution in [0.25, 0.3) is 0 Å². The number of anilines is 1. The number of aromatic nitrogens is 3. The van der Waals surface area contributed by atoms with Crippen molar-refractivity contribution in [3.8, 4) is 0 Å². The van der Waals surface area contributed by atoms with E-state index >= 15 is 0 Å². The fraction of sp³-hybridized carbons (Fsp3) is 0.214. The summed E-state index contributed by atoms with van der Waals surface area (Å²) in [7, 11) is 1.37. The van der Waals surface area contributed by atoms with Gasteiger partial charge in [-0.15, -0.1) is 0 Å². The lowest BCUT2D eigenvalue weighted by atomic mass is 9.89. The molecule has 1 aliphatic heterocycles. The number of nitrogens with one attached hydrogen (secondary N) is 1. The summed E-state index contributed by atoms with van der Waals surface area (Å²) in [5, 5.41) is 7.23. The fourth-order valence-corrected chi connectivity index (χ4v) is 2.94. The van der Waals surface area contributed by atoms with Gasteiger partial charge in [0.2, 0.25) is 5.95 Å². The van der Waals surface area contributed by atoms with Crippen molar-refractivity contribution in [2.75, 3.05) is 12.4 Å². The minimum Gasteiger partial charge on any atom is -0.468 e. The molecule has 0 bridgehead atoms. The van der Waals surface area contributed by atoms with Gasteiger partial charge in [-0.3, -0.25) is 4.79 Å². The van der Waals surface area contributed by atoms with Gasteiger partial charge in [0, 0.05) is 10.2 Å². The highest BCUT2D eigenvalue weighted by Gasteiger charge is 2.40. The summed E-state index contributed by atoms with van der Waals surface area (Å²) in [6, 6.07) is 7.38. The van der Waals surface area contributed by atoms with Crippen LogP contribution in [0, 0.1) is 5.92 Å². The van der Waals surface area contributed by atoms with Crippen molar-refractivity contribution in [3.05, 3.63) is 52.9 Å². The van der Waals surface area contributed by atoms with Gasteiger partial charge in [-0.2, -0.15) is 10.1 Å². The van der Waals surface area contributed by atoms with Crippen LogP contribution in [0.4, 0.5) is 5.95 Å². The minimum atomic E-state index is -0.571. The lowest BCUT2D eigenvalue weighted by Crippen LogP contribution is -2.37. The van der Waals surface area contributed by atoms with E-state index in [-0.39, 0.29) is 12.0 Å². The molecule has 2 unspecified atom stereocenters. The number of methoxy groups -OCH3 is 1. The Bertz CT molecular complexity index is 713. The minimum absolute atomic E-state index is 0.346. The van der Waals surface area contributed by atoms with Gasteiger partial charge in [0.1, 0.15) is 12.2 Å². The van der Waals surface area contributed by atoms with Crippen LogP contribution in [0.2, 0.25) is 0 Å². The third-order valence-corrected chi connectivity index (χ3v) is 3.94. The van der Waals surface area contributed by atoms with Crippen LogP contribution >= 0.6 is 15.9 Å². The van der Waals surface area contributed by atoms with E-state index in [2.05, 4.69) is 37.9 Å². The van der Waals surface area contributed by atoms with Crippen molar-refractivity contribution in [1.29, 1.82) is 0 Å². The van der Waals surface area contributed by atoms with Crippen LogP contribution in [0.1, 0.15) is 11.6 Å². The molecular formula is C14H13BrN4O2. The molecule has 6 nitrogen and oxygen atoms in total. The Balaban J connectivity index is 2.16. The summed E-state index contributed by atoms with van der Waals surface area (Å²) < 4.78 is 7.52. The molecule has 0 radical (unpaired) electrons. The molecule has 0 amide bonds. The molecule has 1 aromatic heterocycles. The second kappa shape index (κ2) is 5.33. The van der Waals surface area contributed by atoms with Gasteiger partial charge in [0.15, 0.2) is 0 Å². The van der Waals surface area contributed by atoms with E-state index in [9.17, 15) is 4.79 Å². The normalized spacial score (nSPS) is 20.6. The Morgan fingerprint density at radius 3 is 3.05 bits per heavy atom. The monoisotopic (exact) mass is 348 g/mol. The molecule has 2 atom stereocenters. The second-order valence-electron chi connectivity index (χ2n) is 4.68. The molecule has 0 spiro atoms. The van der Waals surface area contributed by atoms with Crippen LogP contribution < -0.4 is 5.32 Å². The number of esters is 1. The van der Waals surface area contributed by atoms with Gasteiger partial charge in [-0.25, -0.2) is 4.68 Å². The van der Waals surface area contributed by atoms with E-state index in [1.54, 1.807) is 4.68 Å². The third kappa shape index (κ3) is 2.33. The number of carbonyl (C=O) groups is 1. The van der Waals surface area contributed by atoms with E-state index < -0.39 is 5.92 Å². The van der Waals surface area contributed by atoms with Crippen LogP contribution in [0.3, 0.4) is 0 Å². The molecule has 2 heterocycles. The van der Waals surface area contributed by atoms with Crippen molar-refractivity contribution in [1.82, 2.24) is 14.8 Å². The Hall–Kier alpha value is -2.15. The van der Waals surface area contributed by atoms with E-state index in [1.807, 2.05) is 24.3 Å². The van der Waals surface area contributed by atoms with Gasteiger partial charge in [-0.1, -0.05) is 34.6 Å². The zero-order valence-electron chi connectivity index (χ0n) is 11.3. The molecule has 108 valence electrons. The number of hydrogen-bond acceptors (Lipinski definition) is 5. The fourth-order valence-electron chi connectivity index (χ4n) is 2.52. The largest absolute Gasteiger partial charge is 0.468 e. The molecule has 0 saturated heterocycles. The highest BCUT2D eigenvalue weighted by molar-refractivity contribution is 9.10. The van der Waals surface area contributed by atoms with Crippen LogP contribution in [-0.4, -0.2) is 27.8 Å². The van der Waals surface area contributed by atoms with Crippen LogP contribution in [-0.2, 0) is 9.53 Å². The molecule has 1 aromatic carbocycles. The molecular weight excluding hydrogens is 336 g/mol. The third-order valence-electron chi connectivity index (χ3n) is 3.45. The zero-order chi connectivity index (χ0) is 15.0.